The Hall–Kier alpha value is -0.410. The average molecular weight is 212 g/mol. The highest BCUT2D eigenvalue weighted by molar-refractivity contribution is 5.86. The predicted molar refractivity (Wildman–Crippen MR) is 56.7 cm³/mol. The summed E-state index contributed by atoms with van der Waals surface area (Å²) in [5, 5.41) is 0. The Balaban J connectivity index is 1.90. The first kappa shape index (κ1) is 11.1. The van der Waals surface area contributed by atoms with Crippen LogP contribution in [0.4, 0.5) is 0 Å². The van der Waals surface area contributed by atoms with Crippen LogP contribution in [0.5, 0.6) is 0 Å². The molecule has 0 amide bonds. The van der Waals surface area contributed by atoms with Gasteiger partial charge in [-0.2, -0.15) is 0 Å². The second-order valence-electron chi connectivity index (χ2n) is 4.50. The van der Waals surface area contributed by atoms with E-state index < -0.39 is 0 Å². The molecule has 2 rings (SSSR count). The quantitative estimate of drug-likeness (QED) is 0.697. The van der Waals surface area contributed by atoms with Crippen molar-refractivity contribution >= 4 is 5.78 Å². The number of hydrogen-bond donors (Lipinski definition) is 0. The minimum atomic E-state index is -0.113. The monoisotopic (exact) mass is 212 g/mol. The first-order valence-electron chi connectivity index (χ1n) is 6.06. The van der Waals surface area contributed by atoms with Gasteiger partial charge in [-0.05, 0) is 38.5 Å². The molecule has 1 unspecified atom stereocenters. The summed E-state index contributed by atoms with van der Waals surface area (Å²) in [5.41, 5.74) is 0. The minimum absolute atomic E-state index is 0.113. The van der Waals surface area contributed by atoms with Gasteiger partial charge in [-0.25, -0.2) is 0 Å². The molecule has 0 spiro atoms. The molecular weight excluding hydrogens is 192 g/mol. The maximum absolute atomic E-state index is 12.2. The molecule has 1 aliphatic heterocycles. The van der Waals surface area contributed by atoms with E-state index in [2.05, 4.69) is 0 Å². The maximum Gasteiger partial charge on any atom is 0.165 e. The van der Waals surface area contributed by atoms with Gasteiger partial charge < -0.3 is 9.47 Å². The van der Waals surface area contributed by atoms with Crippen molar-refractivity contribution in [1.82, 2.24) is 0 Å². The highest BCUT2D eigenvalue weighted by Crippen LogP contribution is 2.36. The van der Waals surface area contributed by atoms with Gasteiger partial charge in [-0.1, -0.05) is 0 Å². The molecular formula is C12H20O3. The molecule has 1 aliphatic carbocycles. The smallest absolute Gasteiger partial charge is 0.165 e. The molecule has 0 bridgehead atoms. The summed E-state index contributed by atoms with van der Waals surface area (Å²) in [6.07, 6.45) is 3.99. The first-order chi connectivity index (χ1) is 7.33. The molecule has 0 N–H and O–H groups in total. The van der Waals surface area contributed by atoms with Crippen LogP contribution in [0, 0.1) is 11.8 Å². The van der Waals surface area contributed by atoms with E-state index in [0.29, 0.717) is 18.3 Å². The second kappa shape index (κ2) is 5.08. The Labute approximate surface area is 91.1 Å². The fourth-order valence-corrected chi connectivity index (χ4v) is 2.24. The van der Waals surface area contributed by atoms with Gasteiger partial charge in [0.15, 0.2) is 5.78 Å². The van der Waals surface area contributed by atoms with Crippen molar-refractivity contribution in [2.75, 3.05) is 19.8 Å². The van der Waals surface area contributed by atoms with Gasteiger partial charge in [0, 0.05) is 25.7 Å². The number of rotatable bonds is 5. The largest absolute Gasteiger partial charge is 0.381 e. The molecule has 15 heavy (non-hydrogen) atoms. The van der Waals surface area contributed by atoms with E-state index in [0.717, 1.165) is 26.1 Å². The Morgan fingerprint density at radius 3 is 2.53 bits per heavy atom. The molecule has 0 radical (unpaired) electrons. The molecule has 1 saturated carbocycles. The van der Waals surface area contributed by atoms with E-state index in [1.54, 1.807) is 0 Å². The van der Waals surface area contributed by atoms with Gasteiger partial charge in [0.25, 0.3) is 0 Å². The van der Waals surface area contributed by atoms with E-state index in [1.807, 2.05) is 6.92 Å². The highest BCUT2D eigenvalue weighted by atomic mass is 16.5. The summed E-state index contributed by atoms with van der Waals surface area (Å²) in [6, 6.07) is 0. The van der Waals surface area contributed by atoms with Crippen LogP contribution >= 0.6 is 0 Å². The summed E-state index contributed by atoms with van der Waals surface area (Å²) < 4.78 is 10.9. The van der Waals surface area contributed by atoms with Gasteiger partial charge in [0.1, 0.15) is 6.10 Å². The van der Waals surface area contributed by atoms with E-state index in [-0.39, 0.29) is 12.0 Å². The van der Waals surface area contributed by atoms with E-state index in [1.165, 1.54) is 12.8 Å². The summed E-state index contributed by atoms with van der Waals surface area (Å²) in [6.45, 7) is 4.09. The molecule has 2 fully saturated rings. The van der Waals surface area contributed by atoms with Gasteiger partial charge in [-0.15, -0.1) is 0 Å². The van der Waals surface area contributed by atoms with E-state index >= 15 is 0 Å². The first-order valence-corrected chi connectivity index (χ1v) is 6.06. The van der Waals surface area contributed by atoms with Crippen molar-refractivity contribution in [2.45, 2.75) is 38.7 Å². The zero-order valence-corrected chi connectivity index (χ0v) is 9.41. The Morgan fingerprint density at radius 2 is 2.00 bits per heavy atom. The number of Topliss-reactive ketones (excluding diaryl/α,β-unsaturated/α-hetero) is 1. The molecule has 3 heteroatoms. The fourth-order valence-electron chi connectivity index (χ4n) is 2.24. The van der Waals surface area contributed by atoms with Crippen LogP contribution in [0.25, 0.3) is 0 Å². The summed E-state index contributed by atoms with van der Waals surface area (Å²) in [5.74, 6) is 1.04. The number of ketones is 1. The van der Waals surface area contributed by atoms with Crippen LogP contribution in [-0.4, -0.2) is 31.7 Å². The Kier molecular flexibility index (Phi) is 3.76. The van der Waals surface area contributed by atoms with Crippen LogP contribution in [0.15, 0.2) is 0 Å². The second-order valence-corrected chi connectivity index (χ2v) is 4.50. The molecule has 0 aromatic heterocycles. The summed E-state index contributed by atoms with van der Waals surface area (Å²) in [4.78, 5) is 12.2. The van der Waals surface area contributed by atoms with Crippen molar-refractivity contribution in [2.24, 2.45) is 11.8 Å². The van der Waals surface area contributed by atoms with Crippen molar-refractivity contribution in [3.63, 3.8) is 0 Å². The third-order valence-electron chi connectivity index (χ3n) is 3.30. The van der Waals surface area contributed by atoms with Crippen LogP contribution in [0.1, 0.15) is 32.6 Å². The lowest BCUT2D eigenvalue weighted by molar-refractivity contribution is -0.138. The fraction of sp³-hybridized carbons (Fsp3) is 0.917. The molecule has 0 aromatic carbocycles. The zero-order chi connectivity index (χ0) is 10.7. The summed E-state index contributed by atoms with van der Waals surface area (Å²) >= 11 is 0. The standard InChI is InChI=1S/C12H20O3/c1-2-15-12(10-3-4-10)11(13)9-5-7-14-8-6-9/h9-10,12H,2-8H2,1H3. The lowest BCUT2D eigenvalue weighted by Gasteiger charge is -2.25. The van der Waals surface area contributed by atoms with Crippen LogP contribution < -0.4 is 0 Å². The lowest BCUT2D eigenvalue weighted by Crippen LogP contribution is -2.35. The third kappa shape index (κ3) is 2.79. The molecule has 3 nitrogen and oxygen atoms in total. The predicted octanol–water partition coefficient (Wildman–Crippen LogP) is 1.80. The zero-order valence-electron chi connectivity index (χ0n) is 9.41. The topological polar surface area (TPSA) is 35.5 Å². The number of ether oxygens (including phenoxy) is 2. The van der Waals surface area contributed by atoms with Crippen LogP contribution in [-0.2, 0) is 14.3 Å². The Bertz CT molecular complexity index is 217. The summed E-state index contributed by atoms with van der Waals surface area (Å²) in [7, 11) is 0. The van der Waals surface area contributed by atoms with Crippen LogP contribution in [0.2, 0.25) is 0 Å². The lowest BCUT2D eigenvalue weighted by atomic mass is 9.90. The van der Waals surface area contributed by atoms with Gasteiger partial charge >= 0.3 is 0 Å². The van der Waals surface area contributed by atoms with Gasteiger partial charge in [0.2, 0.25) is 0 Å². The number of carbonyl (C=O) groups excluding carboxylic acids is 1. The maximum atomic E-state index is 12.2. The SMILES string of the molecule is CCOC(C(=O)C1CCOCC1)C1CC1. The molecule has 2 aliphatic rings. The number of carbonyl (C=O) groups is 1. The van der Waals surface area contributed by atoms with Crippen LogP contribution in [0.3, 0.4) is 0 Å². The highest BCUT2D eigenvalue weighted by Gasteiger charge is 2.39. The van der Waals surface area contributed by atoms with Crippen molar-refractivity contribution in [1.29, 1.82) is 0 Å². The normalized spacial score (nSPS) is 25.1. The van der Waals surface area contributed by atoms with E-state index in [9.17, 15) is 4.79 Å². The van der Waals surface area contributed by atoms with Crippen molar-refractivity contribution in [3.05, 3.63) is 0 Å². The number of hydrogen-bond acceptors (Lipinski definition) is 3. The third-order valence-corrected chi connectivity index (χ3v) is 3.30. The molecule has 86 valence electrons. The van der Waals surface area contributed by atoms with E-state index in [4.69, 9.17) is 9.47 Å². The molecule has 1 saturated heterocycles. The molecule has 1 atom stereocenters. The molecule has 1 heterocycles. The average Bonchev–Trinajstić information content (AvgIpc) is 3.10. The van der Waals surface area contributed by atoms with Crippen molar-refractivity contribution < 1.29 is 14.3 Å². The van der Waals surface area contributed by atoms with Gasteiger partial charge in [0.05, 0.1) is 0 Å². The van der Waals surface area contributed by atoms with Gasteiger partial charge in [-0.3, -0.25) is 4.79 Å². The van der Waals surface area contributed by atoms with Crippen molar-refractivity contribution in [3.8, 4) is 0 Å². The molecule has 0 aromatic rings. The Morgan fingerprint density at radius 1 is 1.33 bits per heavy atom. The minimum Gasteiger partial charge on any atom is -0.381 e.